The Bertz CT molecular complexity index is 596. The summed E-state index contributed by atoms with van der Waals surface area (Å²) in [6.07, 6.45) is -0.505. The van der Waals surface area contributed by atoms with E-state index in [9.17, 15) is 5.26 Å². The lowest BCUT2D eigenvalue weighted by atomic mass is 10.1. The van der Waals surface area contributed by atoms with Crippen molar-refractivity contribution in [2.75, 3.05) is 51.5 Å². The van der Waals surface area contributed by atoms with Gasteiger partial charge in [-0.25, -0.2) is 0 Å². The summed E-state index contributed by atoms with van der Waals surface area (Å²) in [6.45, 7) is 3.55. The first kappa shape index (κ1) is 16.5. The van der Waals surface area contributed by atoms with E-state index in [2.05, 4.69) is 11.0 Å². The van der Waals surface area contributed by atoms with Crippen molar-refractivity contribution < 1.29 is 18.9 Å². The molecule has 1 aromatic rings. The second-order valence-corrected chi connectivity index (χ2v) is 5.82. The Kier molecular flexibility index (Phi) is 5.36. The van der Waals surface area contributed by atoms with Crippen LogP contribution in [0.2, 0.25) is 5.02 Å². The summed E-state index contributed by atoms with van der Waals surface area (Å²) < 4.78 is 21.8. The van der Waals surface area contributed by atoms with E-state index in [1.165, 1.54) is 0 Å². The van der Waals surface area contributed by atoms with Gasteiger partial charge in [0.05, 0.1) is 48.8 Å². The Hall–Kier alpha value is -1.36. The van der Waals surface area contributed by atoms with Crippen LogP contribution in [0.15, 0.2) is 12.1 Å². The maximum Gasteiger partial charge on any atom is 0.185 e. The molecule has 0 N–H and O–H groups in total. The Balaban J connectivity index is 1.87. The summed E-state index contributed by atoms with van der Waals surface area (Å²) in [6, 6.07) is 5.99. The van der Waals surface area contributed by atoms with Crippen LogP contribution in [0.25, 0.3) is 0 Å². The third-order valence-electron chi connectivity index (χ3n) is 3.97. The van der Waals surface area contributed by atoms with Crippen molar-refractivity contribution in [3.63, 3.8) is 0 Å². The van der Waals surface area contributed by atoms with E-state index >= 15 is 0 Å². The summed E-state index contributed by atoms with van der Waals surface area (Å²) in [4.78, 5) is 2.11. The number of methoxy groups -OCH3 is 1. The maximum absolute atomic E-state index is 9.57. The molecule has 0 spiro atoms. The highest BCUT2D eigenvalue weighted by Gasteiger charge is 2.27. The molecule has 1 aromatic carbocycles. The molecule has 0 amide bonds. The molecule has 124 valence electrons. The molecule has 2 fully saturated rings. The molecule has 1 atom stereocenters. The number of nitrogens with zero attached hydrogens (tertiary/aromatic N) is 2. The van der Waals surface area contributed by atoms with Gasteiger partial charge < -0.3 is 23.8 Å². The van der Waals surface area contributed by atoms with E-state index in [1.807, 2.05) is 12.1 Å². The fourth-order valence-electron chi connectivity index (χ4n) is 2.90. The van der Waals surface area contributed by atoms with Crippen LogP contribution in [0.3, 0.4) is 0 Å². The van der Waals surface area contributed by atoms with Crippen molar-refractivity contribution in [1.82, 2.24) is 0 Å². The third kappa shape index (κ3) is 3.44. The van der Waals surface area contributed by atoms with Gasteiger partial charge in [0.15, 0.2) is 6.29 Å². The lowest BCUT2D eigenvalue weighted by Gasteiger charge is -2.35. The van der Waals surface area contributed by atoms with E-state index in [4.69, 9.17) is 30.5 Å². The zero-order valence-corrected chi connectivity index (χ0v) is 13.7. The molecule has 2 heterocycles. The number of morpholine rings is 1. The van der Waals surface area contributed by atoms with Crippen molar-refractivity contribution in [2.45, 2.75) is 12.4 Å². The predicted molar refractivity (Wildman–Crippen MR) is 84.6 cm³/mol. The van der Waals surface area contributed by atoms with Gasteiger partial charge in [-0.15, -0.1) is 0 Å². The average molecular weight is 339 g/mol. The van der Waals surface area contributed by atoms with Crippen molar-refractivity contribution in [3.8, 4) is 6.07 Å². The normalized spacial score (nSPS) is 22.3. The van der Waals surface area contributed by atoms with Crippen LogP contribution in [0.5, 0.6) is 0 Å². The average Bonchev–Trinajstić information content (AvgIpc) is 3.09. The summed E-state index contributed by atoms with van der Waals surface area (Å²) in [7, 11) is 1.65. The van der Waals surface area contributed by atoms with Crippen molar-refractivity contribution in [3.05, 3.63) is 28.3 Å². The van der Waals surface area contributed by atoms with E-state index in [-0.39, 0.29) is 6.10 Å². The minimum atomic E-state index is -0.491. The molecule has 3 rings (SSSR count). The van der Waals surface area contributed by atoms with Gasteiger partial charge in [-0.1, -0.05) is 17.7 Å². The van der Waals surface area contributed by atoms with Crippen LogP contribution in [0.4, 0.5) is 5.69 Å². The molecule has 0 bridgehead atoms. The molecule has 0 saturated carbocycles. The fourth-order valence-corrected chi connectivity index (χ4v) is 3.19. The molecule has 0 unspecified atom stereocenters. The number of benzene rings is 1. The SMILES string of the molecule is COC[C@@H]1CN(c2ccc(C3OCCO3)c(Cl)c2C#N)CCO1. The highest BCUT2D eigenvalue weighted by atomic mass is 35.5. The number of rotatable bonds is 4. The molecule has 0 aromatic heterocycles. The van der Waals surface area contributed by atoms with Gasteiger partial charge >= 0.3 is 0 Å². The number of halogens is 1. The second kappa shape index (κ2) is 7.47. The Morgan fingerprint density at radius 1 is 1.30 bits per heavy atom. The number of hydrogen-bond acceptors (Lipinski definition) is 6. The molecule has 0 aliphatic carbocycles. The molecular formula is C16H19ClN2O4. The van der Waals surface area contributed by atoms with Gasteiger partial charge in [0.25, 0.3) is 0 Å². The second-order valence-electron chi connectivity index (χ2n) is 5.44. The van der Waals surface area contributed by atoms with Crippen LogP contribution in [0, 0.1) is 11.3 Å². The summed E-state index contributed by atoms with van der Waals surface area (Å²) in [5.41, 5.74) is 1.95. The summed E-state index contributed by atoms with van der Waals surface area (Å²) in [5.74, 6) is 0. The van der Waals surface area contributed by atoms with Crippen LogP contribution in [0.1, 0.15) is 17.4 Å². The predicted octanol–water partition coefficient (Wildman–Crippen LogP) is 2.11. The largest absolute Gasteiger partial charge is 0.382 e. The minimum absolute atomic E-state index is 0.0137. The first-order chi connectivity index (χ1) is 11.2. The zero-order chi connectivity index (χ0) is 16.2. The van der Waals surface area contributed by atoms with Gasteiger partial charge in [0.2, 0.25) is 0 Å². The van der Waals surface area contributed by atoms with E-state index in [0.717, 1.165) is 5.69 Å². The molecule has 2 aliphatic heterocycles. The number of anilines is 1. The molecule has 6 nitrogen and oxygen atoms in total. The third-order valence-corrected chi connectivity index (χ3v) is 4.38. The monoisotopic (exact) mass is 338 g/mol. The summed E-state index contributed by atoms with van der Waals surface area (Å²) >= 11 is 6.45. The van der Waals surface area contributed by atoms with Gasteiger partial charge in [0.1, 0.15) is 6.07 Å². The van der Waals surface area contributed by atoms with Crippen LogP contribution in [-0.4, -0.2) is 52.7 Å². The van der Waals surface area contributed by atoms with E-state index in [0.29, 0.717) is 55.7 Å². The van der Waals surface area contributed by atoms with Crippen molar-refractivity contribution >= 4 is 17.3 Å². The zero-order valence-electron chi connectivity index (χ0n) is 13.0. The molecule has 0 radical (unpaired) electrons. The molecule has 2 saturated heterocycles. The lowest BCUT2D eigenvalue weighted by Crippen LogP contribution is -2.44. The van der Waals surface area contributed by atoms with E-state index in [1.54, 1.807) is 7.11 Å². The highest BCUT2D eigenvalue weighted by molar-refractivity contribution is 6.33. The quantitative estimate of drug-likeness (QED) is 0.837. The smallest absolute Gasteiger partial charge is 0.185 e. The van der Waals surface area contributed by atoms with Crippen LogP contribution >= 0.6 is 11.6 Å². The van der Waals surface area contributed by atoms with Gasteiger partial charge in [-0.2, -0.15) is 5.26 Å². The standard InChI is InChI=1S/C16H19ClN2O4/c1-20-10-11-9-19(4-5-21-11)14-3-2-12(15(17)13(14)8-18)16-22-6-7-23-16/h2-3,11,16H,4-7,9-10H2,1H3/t11-/m0/s1. The number of ether oxygens (including phenoxy) is 4. The topological polar surface area (TPSA) is 64.0 Å². The Morgan fingerprint density at radius 2 is 2.09 bits per heavy atom. The van der Waals surface area contributed by atoms with Crippen LogP contribution < -0.4 is 4.90 Å². The lowest BCUT2D eigenvalue weighted by molar-refractivity contribution is -0.0440. The minimum Gasteiger partial charge on any atom is -0.382 e. The van der Waals surface area contributed by atoms with Gasteiger partial charge in [-0.05, 0) is 6.07 Å². The summed E-state index contributed by atoms with van der Waals surface area (Å²) in [5, 5.41) is 9.96. The van der Waals surface area contributed by atoms with Crippen molar-refractivity contribution in [1.29, 1.82) is 5.26 Å². The van der Waals surface area contributed by atoms with E-state index < -0.39 is 6.29 Å². The first-order valence-corrected chi connectivity index (χ1v) is 7.93. The fraction of sp³-hybridized carbons (Fsp3) is 0.562. The number of hydrogen-bond donors (Lipinski definition) is 0. The Morgan fingerprint density at radius 3 is 2.78 bits per heavy atom. The number of nitriles is 1. The first-order valence-electron chi connectivity index (χ1n) is 7.55. The maximum atomic E-state index is 9.57. The molecule has 23 heavy (non-hydrogen) atoms. The molecule has 2 aliphatic rings. The Labute approximate surface area is 140 Å². The molecule has 7 heteroatoms. The van der Waals surface area contributed by atoms with Crippen molar-refractivity contribution in [2.24, 2.45) is 0 Å². The molecular weight excluding hydrogens is 320 g/mol. The van der Waals surface area contributed by atoms with Gasteiger partial charge in [-0.3, -0.25) is 0 Å². The highest BCUT2D eigenvalue weighted by Crippen LogP contribution is 2.36. The van der Waals surface area contributed by atoms with Gasteiger partial charge in [0, 0.05) is 25.8 Å². The van der Waals surface area contributed by atoms with Crippen LogP contribution in [-0.2, 0) is 18.9 Å².